The summed E-state index contributed by atoms with van der Waals surface area (Å²) in [7, 11) is 0. The molecule has 2 rings (SSSR count). The first-order chi connectivity index (χ1) is 10.2. The largest absolute Gasteiger partial charge is 0.488 e. The summed E-state index contributed by atoms with van der Waals surface area (Å²) in [5.74, 6) is 0.135. The molecule has 0 fully saturated rings. The number of thioether (sulfide) groups is 1. The van der Waals surface area contributed by atoms with Crippen LogP contribution in [0.4, 0.5) is 4.39 Å². The third-order valence-electron chi connectivity index (χ3n) is 2.91. The highest BCUT2D eigenvalue weighted by Crippen LogP contribution is 2.28. The summed E-state index contributed by atoms with van der Waals surface area (Å²) in [5, 5.41) is 11.7. The molecule has 0 aliphatic heterocycles. The summed E-state index contributed by atoms with van der Waals surface area (Å²) in [5.41, 5.74) is 6.52. The minimum atomic E-state index is -0.454. The second-order valence-corrected chi connectivity index (χ2v) is 5.07. The molecule has 0 heterocycles. The van der Waals surface area contributed by atoms with Gasteiger partial charge in [-0.25, -0.2) is 4.39 Å². The van der Waals surface area contributed by atoms with Crippen LogP contribution in [0.2, 0.25) is 0 Å². The number of ether oxygens (including phenoxy) is 1. The Morgan fingerprint density at radius 1 is 1.33 bits per heavy atom. The Hall–Kier alpha value is -2.21. The Morgan fingerprint density at radius 2 is 2.10 bits per heavy atom. The smallest absolute Gasteiger partial charge is 0.170 e. The lowest BCUT2D eigenvalue weighted by Gasteiger charge is -2.12. The first-order valence-electron chi connectivity index (χ1n) is 6.18. The van der Waals surface area contributed by atoms with Crippen molar-refractivity contribution in [3.63, 3.8) is 0 Å². The van der Waals surface area contributed by atoms with Gasteiger partial charge < -0.3 is 15.7 Å². The Labute approximate surface area is 126 Å². The summed E-state index contributed by atoms with van der Waals surface area (Å²) < 4.78 is 19.0. The van der Waals surface area contributed by atoms with Gasteiger partial charge in [-0.05, 0) is 30.5 Å². The molecule has 0 radical (unpaired) electrons. The number of hydrogen-bond donors (Lipinski definition) is 2. The maximum atomic E-state index is 13.3. The van der Waals surface area contributed by atoms with Crippen LogP contribution in [0, 0.1) is 5.82 Å². The van der Waals surface area contributed by atoms with E-state index in [0.29, 0.717) is 11.1 Å². The van der Waals surface area contributed by atoms with Crippen molar-refractivity contribution in [3.05, 3.63) is 59.4 Å². The van der Waals surface area contributed by atoms with Crippen LogP contribution in [0.15, 0.2) is 52.5 Å². The number of oxime groups is 1. The predicted octanol–water partition coefficient (Wildman–Crippen LogP) is 3.22. The topological polar surface area (TPSA) is 67.8 Å². The van der Waals surface area contributed by atoms with E-state index in [4.69, 9.17) is 15.7 Å². The third kappa shape index (κ3) is 3.66. The van der Waals surface area contributed by atoms with E-state index in [0.717, 1.165) is 10.6 Å². The van der Waals surface area contributed by atoms with E-state index >= 15 is 0 Å². The zero-order valence-corrected chi connectivity index (χ0v) is 12.2. The van der Waals surface area contributed by atoms with Crippen LogP contribution in [0.25, 0.3) is 0 Å². The molecule has 0 spiro atoms. The highest BCUT2D eigenvalue weighted by molar-refractivity contribution is 7.98. The quantitative estimate of drug-likeness (QED) is 0.293. The number of nitrogens with two attached hydrogens (primary N) is 1. The molecular formula is C15H15FN2O2S. The van der Waals surface area contributed by atoms with Crippen LogP contribution in [0.3, 0.4) is 0 Å². The highest BCUT2D eigenvalue weighted by Gasteiger charge is 2.10. The van der Waals surface area contributed by atoms with Crippen molar-refractivity contribution in [3.8, 4) is 5.75 Å². The van der Waals surface area contributed by atoms with Crippen LogP contribution in [0.5, 0.6) is 5.75 Å². The Kier molecular flexibility index (Phi) is 5.05. The van der Waals surface area contributed by atoms with Gasteiger partial charge in [0.05, 0.1) is 0 Å². The van der Waals surface area contributed by atoms with Gasteiger partial charge in [-0.15, -0.1) is 11.8 Å². The first-order valence-corrected chi connectivity index (χ1v) is 7.40. The van der Waals surface area contributed by atoms with Gasteiger partial charge >= 0.3 is 0 Å². The fourth-order valence-electron chi connectivity index (χ4n) is 1.86. The van der Waals surface area contributed by atoms with Gasteiger partial charge in [0, 0.05) is 16.0 Å². The number of amidine groups is 1. The lowest BCUT2D eigenvalue weighted by molar-refractivity contribution is 0.298. The van der Waals surface area contributed by atoms with E-state index < -0.39 is 5.82 Å². The number of para-hydroxylation sites is 1. The van der Waals surface area contributed by atoms with Gasteiger partial charge in [0.2, 0.25) is 0 Å². The normalized spacial score (nSPS) is 11.4. The van der Waals surface area contributed by atoms with Gasteiger partial charge in [0.15, 0.2) is 5.84 Å². The molecule has 0 bridgehead atoms. The molecule has 0 unspecified atom stereocenters. The zero-order valence-electron chi connectivity index (χ0n) is 11.4. The summed E-state index contributed by atoms with van der Waals surface area (Å²) >= 11 is 1.57. The minimum Gasteiger partial charge on any atom is -0.488 e. The summed E-state index contributed by atoms with van der Waals surface area (Å²) in [6, 6.07) is 11.7. The molecular weight excluding hydrogens is 291 g/mol. The lowest BCUT2D eigenvalue weighted by atomic mass is 10.1. The molecule has 0 amide bonds. The van der Waals surface area contributed by atoms with Crippen molar-refractivity contribution in [2.45, 2.75) is 11.5 Å². The van der Waals surface area contributed by atoms with Crippen LogP contribution in [0.1, 0.15) is 11.1 Å². The predicted molar refractivity (Wildman–Crippen MR) is 81.5 cm³/mol. The van der Waals surface area contributed by atoms with E-state index in [-0.39, 0.29) is 12.4 Å². The highest BCUT2D eigenvalue weighted by atomic mass is 32.2. The fourth-order valence-corrected chi connectivity index (χ4v) is 2.40. The van der Waals surface area contributed by atoms with Gasteiger partial charge in [-0.3, -0.25) is 0 Å². The van der Waals surface area contributed by atoms with Crippen molar-refractivity contribution >= 4 is 17.6 Å². The number of rotatable bonds is 5. The maximum absolute atomic E-state index is 13.3. The van der Waals surface area contributed by atoms with Crippen LogP contribution in [-0.4, -0.2) is 17.3 Å². The number of nitrogens with zero attached hydrogens (tertiary/aromatic N) is 1. The average molecular weight is 306 g/mol. The SMILES string of the molecule is CSc1ccccc1OCc1ccc(F)cc1C(N)=NO. The molecule has 4 nitrogen and oxygen atoms in total. The standard InChI is InChI=1S/C15H15FN2O2S/c1-21-14-5-3-2-4-13(14)20-9-10-6-7-11(16)8-12(10)15(17)18-19/h2-8,19H,9H2,1H3,(H2,17,18). The molecule has 110 valence electrons. The van der Waals surface area contributed by atoms with Crippen molar-refractivity contribution in [2.75, 3.05) is 6.26 Å². The Balaban J connectivity index is 2.24. The summed E-state index contributed by atoms with van der Waals surface area (Å²) in [6.45, 7) is 0.198. The average Bonchev–Trinajstić information content (AvgIpc) is 2.53. The van der Waals surface area contributed by atoms with E-state index in [1.165, 1.54) is 12.1 Å². The fraction of sp³-hybridized carbons (Fsp3) is 0.133. The third-order valence-corrected chi connectivity index (χ3v) is 3.68. The van der Waals surface area contributed by atoms with E-state index in [2.05, 4.69) is 5.16 Å². The van der Waals surface area contributed by atoms with Gasteiger partial charge in [0.25, 0.3) is 0 Å². The molecule has 0 aliphatic rings. The molecule has 2 aromatic rings. The van der Waals surface area contributed by atoms with E-state index in [1.807, 2.05) is 30.5 Å². The first kappa shape index (κ1) is 15.2. The molecule has 3 N–H and O–H groups in total. The van der Waals surface area contributed by atoms with Crippen molar-refractivity contribution in [1.82, 2.24) is 0 Å². The number of hydrogen-bond acceptors (Lipinski definition) is 4. The van der Waals surface area contributed by atoms with Crippen LogP contribution >= 0.6 is 11.8 Å². The van der Waals surface area contributed by atoms with Crippen molar-refractivity contribution in [1.29, 1.82) is 0 Å². The van der Waals surface area contributed by atoms with Crippen molar-refractivity contribution in [2.24, 2.45) is 10.9 Å². The molecule has 0 aliphatic carbocycles. The number of halogens is 1. The zero-order chi connectivity index (χ0) is 15.2. The van der Waals surface area contributed by atoms with E-state index in [1.54, 1.807) is 17.8 Å². The Morgan fingerprint density at radius 3 is 2.81 bits per heavy atom. The molecule has 6 heteroatoms. The van der Waals surface area contributed by atoms with E-state index in [9.17, 15) is 4.39 Å². The number of benzene rings is 2. The molecule has 0 saturated heterocycles. The van der Waals surface area contributed by atoms with Gasteiger partial charge in [-0.1, -0.05) is 23.4 Å². The molecule has 0 atom stereocenters. The lowest BCUT2D eigenvalue weighted by Crippen LogP contribution is -2.17. The Bertz CT molecular complexity index is 662. The molecule has 21 heavy (non-hydrogen) atoms. The monoisotopic (exact) mass is 306 g/mol. The second kappa shape index (κ2) is 6.99. The van der Waals surface area contributed by atoms with Crippen LogP contribution < -0.4 is 10.5 Å². The molecule has 0 aromatic heterocycles. The van der Waals surface area contributed by atoms with Crippen LogP contribution in [-0.2, 0) is 6.61 Å². The molecule has 2 aromatic carbocycles. The summed E-state index contributed by atoms with van der Waals surface area (Å²) in [4.78, 5) is 1.00. The molecule has 0 saturated carbocycles. The van der Waals surface area contributed by atoms with Crippen molar-refractivity contribution < 1.29 is 14.3 Å². The minimum absolute atomic E-state index is 0.147. The summed E-state index contributed by atoms with van der Waals surface area (Å²) in [6.07, 6.45) is 1.96. The second-order valence-electron chi connectivity index (χ2n) is 4.23. The maximum Gasteiger partial charge on any atom is 0.170 e. The van der Waals surface area contributed by atoms with Gasteiger partial charge in [-0.2, -0.15) is 0 Å². The van der Waals surface area contributed by atoms with Gasteiger partial charge in [0.1, 0.15) is 18.2 Å².